The zero-order chi connectivity index (χ0) is 15.2. The van der Waals surface area contributed by atoms with Gasteiger partial charge in [-0.2, -0.15) is 0 Å². The van der Waals surface area contributed by atoms with Crippen LogP contribution in [-0.2, 0) is 11.2 Å². The van der Waals surface area contributed by atoms with Gasteiger partial charge >= 0.3 is 5.97 Å². The van der Waals surface area contributed by atoms with Crippen molar-refractivity contribution in [1.82, 2.24) is 15.6 Å². The number of β-amino-alcohol motifs (C(OH)–C–C–N with tert-alkyl or cyclic N) is 1. The number of hydrogen-bond acceptors (Lipinski definition) is 6. The first-order chi connectivity index (χ1) is 10.0. The van der Waals surface area contributed by atoms with Gasteiger partial charge in [0.15, 0.2) is 0 Å². The first-order valence-corrected chi connectivity index (χ1v) is 6.44. The number of rotatable bonds is 5. The summed E-state index contributed by atoms with van der Waals surface area (Å²) in [6.07, 6.45) is 2.99. The van der Waals surface area contributed by atoms with Crippen LogP contribution in [0.2, 0.25) is 0 Å². The van der Waals surface area contributed by atoms with Gasteiger partial charge in [-0.3, -0.25) is 19.6 Å². The van der Waals surface area contributed by atoms with E-state index in [0.717, 1.165) is 11.4 Å². The molecule has 1 unspecified atom stereocenters. The molecule has 0 aliphatic carbocycles. The highest BCUT2D eigenvalue weighted by atomic mass is 16.4. The smallest absolute Gasteiger partial charge is 0.322 e. The second-order valence-electron chi connectivity index (χ2n) is 4.66. The molecule has 0 radical (unpaired) electrons. The molecule has 0 spiro atoms. The molecule has 21 heavy (non-hydrogen) atoms. The molecule has 0 bridgehead atoms. The molecule has 1 atom stereocenters. The summed E-state index contributed by atoms with van der Waals surface area (Å²) in [5.74, 6) is -0.863. The topological polar surface area (TPSA) is 124 Å². The number of aliphatic imine (C=N–C) groups is 1. The highest BCUT2D eigenvalue weighted by Crippen LogP contribution is 2.06. The Morgan fingerprint density at radius 2 is 2.24 bits per heavy atom. The van der Waals surface area contributed by atoms with Crippen LogP contribution in [0.15, 0.2) is 23.5 Å². The number of aliphatic carboxylic acids is 1. The Morgan fingerprint density at radius 1 is 1.43 bits per heavy atom. The predicted octanol–water partition coefficient (Wildman–Crippen LogP) is -1.20. The van der Waals surface area contributed by atoms with Crippen molar-refractivity contribution < 1.29 is 19.8 Å². The van der Waals surface area contributed by atoms with Crippen LogP contribution in [0.3, 0.4) is 0 Å². The molecule has 2 heterocycles. The molecule has 0 saturated heterocycles. The number of pyridine rings is 1. The number of aliphatic hydroxyl groups excluding tert-OH is 1. The van der Waals surface area contributed by atoms with Crippen molar-refractivity contribution in [3.05, 3.63) is 29.6 Å². The second-order valence-corrected chi connectivity index (χ2v) is 4.66. The fourth-order valence-corrected chi connectivity index (χ4v) is 1.85. The SMILES string of the molecule is O=C(O)CNC(=O)c1cncc(CC2=NCC(O)CN2)c1. The van der Waals surface area contributed by atoms with Crippen LogP contribution in [0.4, 0.5) is 0 Å². The number of amidine groups is 1. The Bertz CT molecular complexity index is 573. The van der Waals surface area contributed by atoms with Crippen molar-refractivity contribution in [2.45, 2.75) is 12.5 Å². The van der Waals surface area contributed by atoms with E-state index in [1.807, 2.05) is 0 Å². The van der Waals surface area contributed by atoms with Gasteiger partial charge in [-0.15, -0.1) is 0 Å². The number of carboxylic acids is 1. The lowest BCUT2D eigenvalue weighted by Gasteiger charge is -2.19. The third-order valence-electron chi connectivity index (χ3n) is 2.86. The normalized spacial score (nSPS) is 17.6. The molecule has 2 rings (SSSR count). The van der Waals surface area contributed by atoms with Gasteiger partial charge in [0.25, 0.3) is 5.91 Å². The largest absolute Gasteiger partial charge is 0.480 e. The summed E-state index contributed by atoms with van der Waals surface area (Å²) in [5, 5.41) is 23.1. The van der Waals surface area contributed by atoms with E-state index in [2.05, 4.69) is 20.6 Å². The second kappa shape index (κ2) is 6.80. The van der Waals surface area contributed by atoms with Crippen molar-refractivity contribution >= 4 is 17.7 Å². The lowest BCUT2D eigenvalue weighted by molar-refractivity contribution is -0.135. The summed E-state index contributed by atoms with van der Waals surface area (Å²) in [6.45, 7) is 0.370. The standard InChI is InChI=1S/C13H16N4O4/c18-10-5-15-11(16-6-10)2-8-1-9(4-14-3-8)13(21)17-7-12(19)20/h1,3-4,10,18H,2,5-7H2,(H,15,16)(H,17,21)(H,19,20). The Morgan fingerprint density at radius 3 is 2.90 bits per heavy atom. The van der Waals surface area contributed by atoms with Gasteiger partial charge < -0.3 is 20.8 Å². The van der Waals surface area contributed by atoms with Crippen LogP contribution >= 0.6 is 0 Å². The third-order valence-corrected chi connectivity index (χ3v) is 2.86. The highest BCUT2D eigenvalue weighted by Gasteiger charge is 2.13. The van der Waals surface area contributed by atoms with E-state index in [-0.39, 0.29) is 0 Å². The molecule has 1 amide bonds. The van der Waals surface area contributed by atoms with E-state index < -0.39 is 24.5 Å². The van der Waals surface area contributed by atoms with Crippen LogP contribution in [-0.4, -0.2) is 58.6 Å². The Labute approximate surface area is 120 Å². The monoisotopic (exact) mass is 292 g/mol. The lowest BCUT2D eigenvalue weighted by atomic mass is 10.1. The summed E-state index contributed by atoms with van der Waals surface area (Å²) in [5.41, 5.74) is 1.07. The molecule has 1 aliphatic rings. The summed E-state index contributed by atoms with van der Waals surface area (Å²) < 4.78 is 0. The number of amides is 1. The maximum atomic E-state index is 11.7. The first-order valence-electron chi connectivity index (χ1n) is 6.44. The zero-order valence-electron chi connectivity index (χ0n) is 11.2. The minimum absolute atomic E-state index is 0.296. The van der Waals surface area contributed by atoms with Crippen molar-refractivity contribution in [3.8, 4) is 0 Å². The van der Waals surface area contributed by atoms with Crippen LogP contribution in [0.5, 0.6) is 0 Å². The fraction of sp³-hybridized carbons (Fsp3) is 0.385. The minimum atomic E-state index is -1.10. The number of nitrogens with one attached hydrogen (secondary N) is 2. The summed E-state index contributed by atoms with van der Waals surface area (Å²) in [7, 11) is 0. The molecule has 8 nitrogen and oxygen atoms in total. The number of hydrogen-bond donors (Lipinski definition) is 4. The van der Waals surface area contributed by atoms with Gasteiger partial charge in [0.05, 0.1) is 18.2 Å². The zero-order valence-corrected chi connectivity index (χ0v) is 11.2. The van der Waals surface area contributed by atoms with E-state index in [0.29, 0.717) is 25.1 Å². The van der Waals surface area contributed by atoms with Crippen molar-refractivity contribution in [2.24, 2.45) is 4.99 Å². The quantitative estimate of drug-likeness (QED) is 0.540. The van der Waals surface area contributed by atoms with E-state index in [9.17, 15) is 14.7 Å². The molecular formula is C13H16N4O4. The number of carboxylic acid groups (broad SMARTS) is 1. The number of carbonyl (C=O) groups is 2. The van der Waals surface area contributed by atoms with Crippen molar-refractivity contribution in [3.63, 3.8) is 0 Å². The fourth-order valence-electron chi connectivity index (χ4n) is 1.85. The minimum Gasteiger partial charge on any atom is -0.480 e. The van der Waals surface area contributed by atoms with Gasteiger partial charge in [0.1, 0.15) is 12.4 Å². The van der Waals surface area contributed by atoms with Crippen LogP contribution in [0.1, 0.15) is 15.9 Å². The molecule has 0 saturated carbocycles. The Hall–Kier alpha value is -2.48. The first kappa shape index (κ1) is 14.9. The average molecular weight is 292 g/mol. The number of carbonyl (C=O) groups excluding carboxylic acids is 1. The molecule has 0 fully saturated rings. The van der Waals surface area contributed by atoms with E-state index >= 15 is 0 Å². The van der Waals surface area contributed by atoms with Gasteiger partial charge in [-0.1, -0.05) is 0 Å². The third kappa shape index (κ3) is 4.53. The highest BCUT2D eigenvalue weighted by molar-refractivity contribution is 5.96. The molecule has 1 aromatic heterocycles. The molecule has 4 N–H and O–H groups in total. The average Bonchev–Trinajstić information content (AvgIpc) is 2.47. The van der Waals surface area contributed by atoms with Crippen LogP contribution in [0, 0.1) is 0 Å². The Balaban J connectivity index is 2.00. The van der Waals surface area contributed by atoms with Crippen LogP contribution < -0.4 is 10.6 Å². The van der Waals surface area contributed by atoms with Gasteiger partial charge in [0.2, 0.25) is 0 Å². The van der Waals surface area contributed by atoms with E-state index in [4.69, 9.17) is 5.11 Å². The van der Waals surface area contributed by atoms with E-state index in [1.165, 1.54) is 6.20 Å². The summed E-state index contributed by atoms with van der Waals surface area (Å²) in [6, 6.07) is 1.64. The lowest BCUT2D eigenvalue weighted by Crippen LogP contribution is -2.39. The summed E-state index contributed by atoms with van der Waals surface area (Å²) in [4.78, 5) is 30.3. The molecule has 1 aromatic rings. The molecule has 112 valence electrons. The molecule has 1 aliphatic heterocycles. The van der Waals surface area contributed by atoms with Crippen LogP contribution in [0.25, 0.3) is 0 Å². The number of nitrogens with zero attached hydrogens (tertiary/aromatic N) is 2. The van der Waals surface area contributed by atoms with E-state index in [1.54, 1.807) is 12.3 Å². The van der Waals surface area contributed by atoms with Gasteiger partial charge in [0, 0.05) is 25.4 Å². The number of aromatic nitrogens is 1. The molecule has 0 aromatic carbocycles. The Kier molecular flexibility index (Phi) is 4.83. The molecule has 8 heteroatoms. The number of aliphatic hydroxyl groups is 1. The maximum Gasteiger partial charge on any atom is 0.322 e. The van der Waals surface area contributed by atoms with Gasteiger partial charge in [-0.05, 0) is 11.6 Å². The van der Waals surface area contributed by atoms with Gasteiger partial charge in [-0.25, -0.2) is 0 Å². The maximum absolute atomic E-state index is 11.7. The van der Waals surface area contributed by atoms with Crippen molar-refractivity contribution in [2.75, 3.05) is 19.6 Å². The van der Waals surface area contributed by atoms with Crippen molar-refractivity contribution in [1.29, 1.82) is 0 Å². The summed E-state index contributed by atoms with van der Waals surface area (Å²) >= 11 is 0. The molecular weight excluding hydrogens is 276 g/mol. The predicted molar refractivity (Wildman–Crippen MR) is 74.2 cm³/mol.